The summed E-state index contributed by atoms with van der Waals surface area (Å²) in [5, 5.41) is 1.02. The molecule has 44 valence electrons. The maximum absolute atomic E-state index is 5.80. The SMILES string of the molecule is CC1=C(Cl)CCC=C1. The molecule has 0 unspecified atom stereocenters. The van der Waals surface area contributed by atoms with Crippen molar-refractivity contribution in [2.24, 2.45) is 0 Å². The van der Waals surface area contributed by atoms with E-state index in [1.54, 1.807) is 0 Å². The van der Waals surface area contributed by atoms with Crippen LogP contribution < -0.4 is 0 Å². The molecule has 0 nitrogen and oxygen atoms in total. The summed E-state index contributed by atoms with van der Waals surface area (Å²) < 4.78 is 0. The summed E-state index contributed by atoms with van der Waals surface area (Å²) in [4.78, 5) is 0. The fourth-order valence-corrected chi connectivity index (χ4v) is 0.930. The van der Waals surface area contributed by atoms with Gasteiger partial charge in [-0.3, -0.25) is 0 Å². The molecular weight excluding hydrogens is 120 g/mol. The van der Waals surface area contributed by atoms with Crippen LogP contribution in [-0.4, -0.2) is 0 Å². The third-order valence-corrected chi connectivity index (χ3v) is 1.81. The van der Waals surface area contributed by atoms with Crippen LogP contribution >= 0.6 is 11.6 Å². The number of rotatable bonds is 0. The van der Waals surface area contributed by atoms with E-state index < -0.39 is 0 Å². The molecule has 0 saturated heterocycles. The zero-order valence-electron chi connectivity index (χ0n) is 4.95. The predicted octanol–water partition coefficient (Wildman–Crippen LogP) is 2.85. The Labute approximate surface area is 54.8 Å². The second-order valence-electron chi connectivity index (χ2n) is 2.03. The molecule has 1 aliphatic carbocycles. The Bertz CT molecular complexity index is 142. The molecule has 0 aromatic carbocycles. The van der Waals surface area contributed by atoms with Crippen molar-refractivity contribution in [2.75, 3.05) is 0 Å². The van der Waals surface area contributed by atoms with Crippen molar-refractivity contribution in [1.82, 2.24) is 0 Å². The van der Waals surface area contributed by atoms with Crippen LogP contribution in [0.1, 0.15) is 19.8 Å². The molecule has 1 rings (SSSR count). The van der Waals surface area contributed by atoms with Gasteiger partial charge in [-0.05, 0) is 25.3 Å². The van der Waals surface area contributed by atoms with Gasteiger partial charge in [-0.25, -0.2) is 0 Å². The molecule has 0 radical (unpaired) electrons. The van der Waals surface area contributed by atoms with Gasteiger partial charge in [0.05, 0.1) is 0 Å². The van der Waals surface area contributed by atoms with E-state index in [1.807, 2.05) is 6.92 Å². The van der Waals surface area contributed by atoms with Gasteiger partial charge >= 0.3 is 0 Å². The first-order valence-electron chi connectivity index (χ1n) is 2.82. The Balaban J connectivity index is 2.76. The van der Waals surface area contributed by atoms with E-state index in [-0.39, 0.29) is 0 Å². The van der Waals surface area contributed by atoms with Crippen molar-refractivity contribution >= 4 is 11.6 Å². The van der Waals surface area contributed by atoms with E-state index in [2.05, 4.69) is 12.2 Å². The highest BCUT2D eigenvalue weighted by Gasteiger charge is 1.98. The second kappa shape index (κ2) is 2.36. The lowest BCUT2D eigenvalue weighted by atomic mass is 10.1. The maximum atomic E-state index is 5.80. The Morgan fingerprint density at radius 1 is 1.62 bits per heavy atom. The molecule has 0 spiro atoms. The minimum Gasteiger partial charge on any atom is -0.0889 e. The van der Waals surface area contributed by atoms with Crippen LogP contribution in [0.4, 0.5) is 0 Å². The molecule has 0 bridgehead atoms. The van der Waals surface area contributed by atoms with Crippen LogP contribution in [0.3, 0.4) is 0 Å². The van der Waals surface area contributed by atoms with E-state index in [1.165, 1.54) is 5.57 Å². The predicted molar refractivity (Wildman–Crippen MR) is 36.9 cm³/mol. The van der Waals surface area contributed by atoms with E-state index in [0.29, 0.717) is 0 Å². The average molecular weight is 129 g/mol. The van der Waals surface area contributed by atoms with E-state index in [0.717, 1.165) is 17.9 Å². The van der Waals surface area contributed by atoms with Gasteiger partial charge in [0.25, 0.3) is 0 Å². The second-order valence-corrected chi connectivity index (χ2v) is 2.49. The van der Waals surface area contributed by atoms with Gasteiger partial charge < -0.3 is 0 Å². The number of hydrogen-bond donors (Lipinski definition) is 0. The minimum absolute atomic E-state index is 1.02. The highest BCUT2D eigenvalue weighted by Crippen LogP contribution is 2.20. The zero-order chi connectivity index (χ0) is 5.98. The van der Waals surface area contributed by atoms with Crippen molar-refractivity contribution in [3.8, 4) is 0 Å². The molecule has 0 aromatic rings. The molecule has 1 aliphatic rings. The van der Waals surface area contributed by atoms with E-state index in [9.17, 15) is 0 Å². The summed E-state index contributed by atoms with van der Waals surface area (Å²) in [6.07, 6.45) is 6.37. The summed E-state index contributed by atoms with van der Waals surface area (Å²) in [7, 11) is 0. The summed E-state index contributed by atoms with van der Waals surface area (Å²) >= 11 is 5.80. The molecule has 0 heterocycles. The van der Waals surface area contributed by atoms with E-state index >= 15 is 0 Å². The van der Waals surface area contributed by atoms with Crippen molar-refractivity contribution < 1.29 is 0 Å². The summed E-state index contributed by atoms with van der Waals surface area (Å²) in [6, 6.07) is 0. The molecule has 0 atom stereocenters. The third-order valence-electron chi connectivity index (χ3n) is 1.33. The smallest absolute Gasteiger partial charge is 0.0213 e. The Morgan fingerprint density at radius 3 is 2.75 bits per heavy atom. The van der Waals surface area contributed by atoms with Gasteiger partial charge in [0.1, 0.15) is 0 Å². The molecule has 0 N–H and O–H groups in total. The van der Waals surface area contributed by atoms with Gasteiger partial charge in [0, 0.05) is 5.03 Å². The quantitative estimate of drug-likeness (QED) is 0.471. The summed E-state index contributed by atoms with van der Waals surface area (Å²) in [5.74, 6) is 0. The minimum atomic E-state index is 1.02. The summed E-state index contributed by atoms with van der Waals surface area (Å²) in [5.41, 5.74) is 1.22. The maximum Gasteiger partial charge on any atom is 0.0213 e. The van der Waals surface area contributed by atoms with Gasteiger partial charge in [0.2, 0.25) is 0 Å². The molecule has 0 aromatic heterocycles. The van der Waals surface area contributed by atoms with Crippen molar-refractivity contribution in [2.45, 2.75) is 19.8 Å². The van der Waals surface area contributed by atoms with Gasteiger partial charge in [-0.2, -0.15) is 0 Å². The molecule has 0 aliphatic heterocycles. The lowest BCUT2D eigenvalue weighted by Crippen LogP contribution is -1.83. The van der Waals surface area contributed by atoms with Gasteiger partial charge in [-0.15, -0.1) is 0 Å². The molecule has 0 fully saturated rings. The van der Waals surface area contributed by atoms with Crippen molar-refractivity contribution in [3.05, 3.63) is 22.8 Å². The zero-order valence-corrected chi connectivity index (χ0v) is 5.70. The largest absolute Gasteiger partial charge is 0.0889 e. The fraction of sp³-hybridized carbons (Fsp3) is 0.429. The average Bonchev–Trinajstić information content (AvgIpc) is 1.77. The Morgan fingerprint density at radius 2 is 2.38 bits per heavy atom. The van der Waals surface area contributed by atoms with Gasteiger partial charge in [0.15, 0.2) is 0 Å². The monoisotopic (exact) mass is 128 g/mol. The fourth-order valence-electron chi connectivity index (χ4n) is 0.758. The van der Waals surface area contributed by atoms with Crippen molar-refractivity contribution in [1.29, 1.82) is 0 Å². The molecular formula is C7H9Cl. The number of allylic oxidation sites excluding steroid dienone is 4. The first-order chi connectivity index (χ1) is 3.80. The molecule has 0 saturated carbocycles. The topological polar surface area (TPSA) is 0 Å². The third kappa shape index (κ3) is 1.13. The van der Waals surface area contributed by atoms with Crippen LogP contribution in [0.25, 0.3) is 0 Å². The Kier molecular flexibility index (Phi) is 1.74. The first-order valence-corrected chi connectivity index (χ1v) is 3.20. The van der Waals surface area contributed by atoms with Crippen LogP contribution in [0.2, 0.25) is 0 Å². The number of hydrogen-bond acceptors (Lipinski definition) is 0. The Hall–Kier alpha value is -0.230. The standard InChI is InChI=1S/C7H9Cl/c1-6-4-2-3-5-7(6)8/h2,4H,3,5H2,1H3. The van der Waals surface area contributed by atoms with Crippen LogP contribution in [0.5, 0.6) is 0 Å². The van der Waals surface area contributed by atoms with Crippen LogP contribution in [-0.2, 0) is 0 Å². The van der Waals surface area contributed by atoms with Crippen LogP contribution in [0.15, 0.2) is 22.8 Å². The van der Waals surface area contributed by atoms with E-state index in [4.69, 9.17) is 11.6 Å². The molecule has 8 heavy (non-hydrogen) atoms. The van der Waals surface area contributed by atoms with Gasteiger partial charge in [-0.1, -0.05) is 23.8 Å². The molecule has 1 heteroatoms. The number of halogens is 1. The lowest BCUT2D eigenvalue weighted by Gasteiger charge is -2.03. The lowest BCUT2D eigenvalue weighted by molar-refractivity contribution is 0.996. The van der Waals surface area contributed by atoms with Crippen molar-refractivity contribution in [3.63, 3.8) is 0 Å². The highest BCUT2D eigenvalue weighted by molar-refractivity contribution is 6.30. The molecule has 0 amide bonds. The first kappa shape index (κ1) is 5.90. The van der Waals surface area contributed by atoms with Crippen LogP contribution in [0, 0.1) is 0 Å². The normalized spacial score (nSPS) is 19.8. The highest BCUT2D eigenvalue weighted by atomic mass is 35.5. The summed E-state index contributed by atoms with van der Waals surface area (Å²) in [6.45, 7) is 2.04.